The first-order chi connectivity index (χ1) is 7.53. The quantitative estimate of drug-likeness (QED) is 0.780. The Kier molecular flexibility index (Phi) is 5.22. The highest BCUT2D eigenvalue weighted by Crippen LogP contribution is 2.37. The van der Waals surface area contributed by atoms with Crippen molar-refractivity contribution in [1.82, 2.24) is 4.90 Å². The van der Waals surface area contributed by atoms with E-state index in [4.69, 9.17) is 10.5 Å². The van der Waals surface area contributed by atoms with E-state index in [9.17, 15) is 0 Å². The summed E-state index contributed by atoms with van der Waals surface area (Å²) in [7, 11) is 4.31. The molecule has 0 bridgehead atoms. The van der Waals surface area contributed by atoms with Crippen LogP contribution in [0.1, 0.15) is 39.5 Å². The lowest BCUT2D eigenvalue weighted by Gasteiger charge is -2.48. The molecule has 96 valence electrons. The lowest BCUT2D eigenvalue weighted by Crippen LogP contribution is -2.61. The summed E-state index contributed by atoms with van der Waals surface area (Å²) in [6.07, 6.45) is 5.04. The number of hydrogen-bond donors (Lipinski definition) is 1. The van der Waals surface area contributed by atoms with Crippen LogP contribution in [0.15, 0.2) is 0 Å². The zero-order valence-corrected chi connectivity index (χ0v) is 11.3. The Morgan fingerprint density at radius 3 is 2.69 bits per heavy atom. The Morgan fingerprint density at radius 2 is 2.19 bits per heavy atom. The van der Waals surface area contributed by atoms with Crippen molar-refractivity contribution in [2.45, 2.75) is 51.1 Å². The molecule has 1 saturated carbocycles. The maximum Gasteiger partial charge on any atom is 0.0635 e. The van der Waals surface area contributed by atoms with Gasteiger partial charge >= 0.3 is 0 Å². The van der Waals surface area contributed by atoms with Gasteiger partial charge in [0.05, 0.1) is 6.61 Å². The number of nitrogens with two attached hydrogens (primary N) is 1. The second-order valence-corrected chi connectivity index (χ2v) is 5.47. The van der Waals surface area contributed by atoms with Crippen molar-refractivity contribution in [3.63, 3.8) is 0 Å². The number of nitrogens with zero attached hydrogens (tertiary/aromatic N) is 1. The fourth-order valence-corrected chi connectivity index (χ4v) is 3.04. The fraction of sp³-hybridized carbons (Fsp3) is 1.00. The fourth-order valence-electron chi connectivity index (χ4n) is 3.04. The summed E-state index contributed by atoms with van der Waals surface area (Å²) in [6, 6.07) is 0.130. The Bertz CT molecular complexity index is 208. The van der Waals surface area contributed by atoms with E-state index in [2.05, 4.69) is 25.9 Å². The summed E-state index contributed by atoms with van der Waals surface area (Å²) < 4.78 is 5.51. The van der Waals surface area contributed by atoms with Gasteiger partial charge in [-0.15, -0.1) is 0 Å². The zero-order chi connectivity index (χ0) is 12.2. The van der Waals surface area contributed by atoms with Crippen LogP contribution in [0.4, 0.5) is 0 Å². The van der Waals surface area contributed by atoms with E-state index in [1.54, 1.807) is 0 Å². The summed E-state index contributed by atoms with van der Waals surface area (Å²) in [5, 5.41) is 0. The first-order valence-corrected chi connectivity index (χ1v) is 6.53. The molecule has 0 heterocycles. The van der Waals surface area contributed by atoms with E-state index in [1.165, 1.54) is 25.7 Å². The molecule has 0 aromatic carbocycles. The van der Waals surface area contributed by atoms with Crippen molar-refractivity contribution in [2.75, 3.05) is 27.3 Å². The van der Waals surface area contributed by atoms with Crippen molar-refractivity contribution in [3.8, 4) is 0 Å². The standard InChI is InChI=1S/C13H28N2O/c1-5-16-10-12(14)13(15(3)4)8-6-7-11(2)9-13/h11-12H,5-10,14H2,1-4H3. The maximum absolute atomic E-state index is 6.37. The van der Waals surface area contributed by atoms with E-state index in [1.807, 2.05) is 6.92 Å². The molecular formula is C13H28N2O. The van der Waals surface area contributed by atoms with E-state index in [0.717, 1.165) is 12.5 Å². The third kappa shape index (κ3) is 2.96. The number of rotatable bonds is 5. The second kappa shape index (κ2) is 5.99. The number of hydrogen-bond acceptors (Lipinski definition) is 3. The summed E-state index contributed by atoms with van der Waals surface area (Å²) >= 11 is 0. The van der Waals surface area contributed by atoms with E-state index < -0.39 is 0 Å². The minimum atomic E-state index is 0.130. The summed E-state index contributed by atoms with van der Waals surface area (Å²) in [6.45, 7) is 5.80. The monoisotopic (exact) mass is 228 g/mol. The summed E-state index contributed by atoms with van der Waals surface area (Å²) in [5.74, 6) is 0.781. The molecule has 3 heteroatoms. The van der Waals surface area contributed by atoms with Gasteiger partial charge in [0.2, 0.25) is 0 Å². The van der Waals surface area contributed by atoms with Gasteiger partial charge in [-0.25, -0.2) is 0 Å². The Labute approximate surface area is 100 Å². The van der Waals surface area contributed by atoms with Crippen LogP contribution in [0.3, 0.4) is 0 Å². The van der Waals surface area contributed by atoms with Gasteiger partial charge in [-0.05, 0) is 39.8 Å². The highest BCUT2D eigenvalue weighted by molar-refractivity contribution is 5.00. The lowest BCUT2D eigenvalue weighted by molar-refractivity contribution is 0.0118. The zero-order valence-electron chi connectivity index (χ0n) is 11.3. The molecule has 1 aliphatic carbocycles. The molecule has 0 radical (unpaired) electrons. The van der Waals surface area contributed by atoms with Crippen LogP contribution in [0.2, 0.25) is 0 Å². The molecule has 0 aromatic heterocycles. The topological polar surface area (TPSA) is 38.5 Å². The third-order valence-electron chi connectivity index (χ3n) is 4.09. The predicted octanol–water partition coefficient (Wildman–Crippen LogP) is 1.86. The van der Waals surface area contributed by atoms with Gasteiger partial charge < -0.3 is 15.4 Å². The molecule has 0 aromatic rings. The van der Waals surface area contributed by atoms with Gasteiger partial charge in [0, 0.05) is 18.2 Å². The van der Waals surface area contributed by atoms with E-state index in [-0.39, 0.29) is 11.6 Å². The molecule has 1 rings (SSSR count). The minimum Gasteiger partial charge on any atom is -0.380 e. The van der Waals surface area contributed by atoms with Gasteiger partial charge in [-0.2, -0.15) is 0 Å². The second-order valence-electron chi connectivity index (χ2n) is 5.47. The van der Waals surface area contributed by atoms with Crippen LogP contribution >= 0.6 is 0 Å². The SMILES string of the molecule is CCOCC(N)C1(N(C)C)CCCC(C)C1. The molecule has 1 fully saturated rings. The average molecular weight is 228 g/mol. The molecule has 0 saturated heterocycles. The highest BCUT2D eigenvalue weighted by atomic mass is 16.5. The molecular weight excluding hydrogens is 200 g/mol. The lowest BCUT2D eigenvalue weighted by atomic mass is 9.71. The smallest absolute Gasteiger partial charge is 0.0635 e. The van der Waals surface area contributed by atoms with Gasteiger partial charge in [0.1, 0.15) is 0 Å². The predicted molar refractivity (Wildman–Crippen MR) is 68.5 cm³/mol. The molecule has 3 nitrogen and oxygen atoms in total. The van der Waals surface area contributed by atoms with Crippen molar-refractivity contribution < 1.29 is 4.74 Å². The van der Waals surface area contributed by atoms with E-state index >= 15 is 0 Å². The van der Waals surface area contributed by atoms with Gasteiger partial charge in [-0.1, -0.05) is 19.8 Å². The molecule has 0 amide bonds. The molecule has 3 atom stereocenters. The normalized spacial score (nSPS) is 33.0. The Hall–Kier alpha value is -0.120. The largest absolute Gasteiger partial charge is 0.380 e. The van der Waals surface area contributed by atoms with Crippen LogP contribution in [0.25, 0.3) is 0 Å². The number of likely N-dealkylation sites (N-methyl/N-ethyl adjacent to an activating group) is 1. The summed E-state index contributed by atoms with van der Waals surface area (Å²) in [5.41, 5.74) is 6.51. The van der Waals surface area contributed by atoms with Crippen LogP contribution < -0.4 is 5.73 Å². The van der Waals surface area contributed by atoms with Crippen LogP contribution in [0, 0.1) is 5.92 Å². The first-order valence-electron chi connectivity index (χ1n) is 6.53. The molecule has 3 unspecified atom stereocenters. The van der Waals surface area contributed by atoms with Crippen molar-refractivity contribution in [3.05, 3.63) is 0 Å². The Morgan fingerprint density at radius 1 is 1.50 bits per heavy atom. The van der Waals surface area contributed by atoms with Gasteiger partial charge in [-0.3, -0.25) is 0 Å². The third-order valence-corrected chi connectivity index (χ3v) is 4.09. The number of ether oxygens (including phenoxy) is 1. The maximum atomic E-state index is 6.37. The molecule has 1 aliphatic rings. The highest BCUT2D eigenvalue weighted by Gasteiger charge is 2.41. The van der Waals surface area contributed by atoms with Crippen LogP contribution in [-0.4, -0.2) is 43.8 Å². The Balaban J connectivity index is 2.70. The minimum absolute atomic E-state index is 0.130. The molecule has 16 heavy (non-hydrogen) atoms. The van der Waals surface area contributed by atoms with Crippen molar-refractivity contribution in [1.29, 1.82) is 0 Å². The molecule has 0 aliphatic heterocycles. The van der Waals surface area contributed by atoms with Crippen molar-refractivity contribution in [2.24, 2.45) is 11.7 Å². The molecule has 2 N–H and O–H groups in total. The molecule has 0 spiro atoms. The summed E-state index contributed by atoms with van der Waals surface area (Å²) in [4.78, 5) is 2.33. The van der Waals surface area contributed by atoms with Crippen molar-refractivity contribution >= 4 is 0 Å². The van der Waals surface area contributed by atoms with E-state index in [0.29, 0.717) is 6.61 Å². The van der Waals surface area contributed by atoms with Crippen LogP contribution in [-0.2, 0) is 4.74 Å². The van der Waals surface area contributed by atoms with Gasteiger partial charge in [0.25, 0.3) is 0 Å². The first kappa shape index (κ1) is 13.9. The average Bonchev–Trinajstić information content (AvgIpc) is 2.25. The van der Waals surface area contributed by atoms with Crippen LogP contribution in [0.5, 0.6) is 0 Å². The van der Waals surface area contributed by atoms with Gasteiger partial charge in [0.15, 0.2) is 0 Å².